The van der Waals surface area contributed by atoms with Crippen molar-refractivity contribution >= 4 is 21.9 Å². The highest BCUT2D eigenvalue weighted by Gasteiger charge is 2.21. The smallest absolute Gasteiger partial charge is 0.237 e. The van der Waals surface area contributed by atoms with E-state index in [1.165, 1.54) is 24.8 Å². The molecule has 0 spiro atoms. The third kappa shape index (κ3) is 4.22. The molecule has 1 fully saturated rings. The Morgan fingerprint density at radius 3 is 2.70 bits per heavy atom. The summed E-state index contributed by atoms with van der Waals surface area (Å²) in [6, 6.07) is 11.8. The van der Waals surface area contributed by atoms with Crippen LogP contribution in [-0.2, 0) is 23.0 Å². The lowest BCUT2D eigenvalue weighted by Gasteiger charge is -2.28. The van der Waals surface area contributed by atoms with Crippen LogP contribution in [0.25, 0.3) is 6.08 Å². The second kappa shape index (κ2) is 7.82. The van der Waals surface area contributed by atoms with E-state index in [9.17, 15) is 8.42 Å². The number of nitrogens with one attached hydrogen (secondary N) is 1. The van der Waals surface area contributed by atoms with E-state index in [-0.39, 0.29) is 6.54 Å². The molecule has 5 nitrogen and oxygen atoms in total. The zero-order chi connectivity index (χ0) is 18.7. The van der Waals surface area contributed by atoms with Crippen LogP contribution in [0.2, 0.25) is 0 Å². The van der Waals surface area contributed by atoms with Gasteiger partial charge in [0.2, 0.25) is 10.0 Å². The van der Waals surface area contributed by atoms with Gasteiger partial charge >= 0.3 is 0 Å². The molecule has 2 aromatic rings. The molecule has 4 rings (SSSR count). The molecule has 1 aromatic heterocycles. The average Bonchev–Trinajstić information content (AvgIpc) is 2.73. The molecule has 0 bridgehead atoms. The number of aromatic nitrogens is 1. The van der Waals surface area contributed by atoms with Crippen molar-refractivity contribution in [3.8, 4) is 0 Å². The van der Waals surface area contributed by atoms with Crippen LogP contribution in [0.15, 0.2) is 47.5 Å². The van der Waals surface area contributed by atoms with E-state index in [1.807, 2.05) is 30.3 Å². The second-order valence-corrected chi connectivity index (χ2v) is 9.02. The number of hydrogen-bond donors (Lipinski definition) is 1. The molecule has 2 aliphatic rings. The third-order valence-electron chi connectivity index (χ3n) is 5.31. The molecule has 1 aliphatic carbocycles. The Morgan fingerprint density at radius 1 is 1.04 bits per heavy atom. The SMILES string of the molecule is O=S(=O)(NCc1ccnc(N2CCCCC2)c1)C1=Cc2ccccc2CC1. The zero-order valence-electron chi connectivity index (χ0n) is 15.4. The van der Waals surface area contributed by atoms with Crippen molar-refractivity contribution in [1.29, 1.82) is 0 Å². The first-order valence-electron chi connectivity index (χ1n) is 9.60. The Hall–Kier alpha value is -2.18. The van der Waals surface area contributed by atoms with E-state index < -0.39 is 10.0 Å². The first-order valence-corrected chi connectivity index (χ1v) is 11.1. The second-order valence-electron chi connectivity index (χ2n) is 7.20. The number of pyridine rings is 1. The number of hydrogen-bond acceptors (Lipinski definition) is 4. The first-order chi connectivity index (χ1) is 13.1. The molecule has 1 saturated heterocycles. The minimum Gasteiger partial charge on any atom is -0.357 e. The summed E-state index contributed by atoms with van der Waals surface area (Å²) in [5.74, 6) is 0.942. The van der Waals surface area contributed by atoms with Gasteiger partial charge in [-0.3, -0.25) is 0 Å². The molecule has 1 aromatic carbocycles. The lowest BCUT2D eigenvalue weighted by Crippen LogP contribution is -2.30. The summed E-state index contributed by atoms with van der Waals surface area (Å²) in [7, 11) is -3.48. The predicted molar refractivity (Wildman–Crippen MR) is 109 cm³/mol. The Bertz CT molecular complexity index is 947. The number of nitrogens with zero attached hydrogens (tertiary/aromatic N) is 2. The van der Waals surface area contributed by atoms with Crippen LogP contribution >= 0.6 is 0 Å². The number of anilines is 1. The van der Waals surface area contributed by atoms with Gasteiger partial charge in [0.15, 0.2) is 0 Å². The molecule has 27 heavy (non-hydrogen) atoms. The fourth-order valence-corrected chi connectivity index (χ4v) is 4.95. The van der Waals surface area contributed by atoms with Crippen LogP contribution in [0.3, 0.4) is 0 Å². The maximum atomic E-state index is 12.7. The van der Waals surface area contributed by atoms with Crippen molar-refractivity contribution < 1.29 is 8.42 Å². The minimum absolute atomic E-state index is 0.282. The Labute approximate surface area is 161 Å². The molecule has 0 amide bonds. The number of rotatable bonds is 5. The minimum atomic E-state index is -3.48. The Kier molecular flexibility index (Phi) is 5.27. The van der Waals surface area contributed by atoms with Crippen LogP contribution in [0, 0.1) is 0 Å². The van der Waals surface area contributed by atoms with Crippen LogP contribution in [0.5, 0.6) is 0 Å². The van der Waals surface area contributed by atoms with Gasteiger partial charge in [-0.2, -0.15) is 0 Å². The number of allylic oxidation sites excluding steroid dienone is 1. The van der Waals surface area contributed by atoms with Gasteiger partial charge in [0.1, 0.15) is 5.82 Å². The third-order valence-corrected chi connectivity index (χ3v) is 6.85. The molecule has 142 valence electrons. The van der Waals surface area contributed by atoms with Gasteiger partial charge in [-0.25, -0.2) is 18.1 Å². The van der Waals surface area contributed by atoms with E-state index in [0.717, 1.165) is 36.5 Å². The molecule has 0 radical (unpaired) electrons. The molecule has 1 aliphatic heterocycles. The highest BCUT2D eigenvalue weighted by molar-refractivity contribution is 7.93. The summed E-state index contributed by atoms with van der Waals surface area (Å²) < 4.78 is 28.3. The van der Waals surface area contributed by atoms with Crippen molar-refractivity contribution in [3.63, 3.8) is 0 Å². The summed E-state index contributed by atoms with van der Waals surface area (Å²) in [4.78, 5) is 7.20. The maximum absolute atomic E-state index is 12.7. The van der Waals surface area contributed by atoms with Crippen molar-refractivity contribution in [2.24, 2.45) is 0 Å². The van der Waals surface area contributed by atoms with E-state index >= 15 is 0 Å². The highest BCUT2D eigenvalue weighted by Crippen LogP contribution is 2.26. The number of fused-ring (bicyclic) bond motifs is 1. The maximum Gasteiger partial charge on any atom is 0.237 e. The van der Waals surface area contributed by atoms with Gasteiger partial charge in [-0.15, -0.1) is 0 Å². The molecular formula is C21H25N3O2S. The Balaban J connectivity index is 1.46. The van der Waals surface area contributed by atoms with Gasteiger partial charge in [-0.05, 0) is 67.0 Å². The number of aryl methyl sites for hydroxylation is 1. The summed E-state index contributed by atoms with van der Waals surface area (Å²) in [5, 5.41) is 0. The van der Waals surface area contributed by atoms with Crippen molar-refractivity contribution in [2.75, 3.05) is 18.0 Å². The van der Waals surface area contributed by atoms with Crippen molar-refractivity contribution in [1.82, 2.24) is 9.71 Å². The van der Waals surface area contributed by atoms with Crippen LogP contribution in [0.1, 0.15) is 42.4 Å². The van der Waals surface area contributed by atoms with E-state index in [1.54, 1.807) is 12.3 Å². The standard InChI is InChI=1S/C21H25N3O2S/c25-27(26,20-9-8-18-6-2-3-7-19(18)15-20)23-16-17-10-11-22-21(14-17)24-12-4-1-5-13-24/h2-3,6-7,10-11,14-15,23H,1,4-5,8-9,12-13,16H2. The lowest BCUT2D eigenvalue weighted by atomic mass is 9.98. The van der Waals surface area contributed by atoms with Gasteiger partial charge in [0, 0.05) is 25.8 Å². The number of benzene rings is 1. The van der Waals surface area contributed by atoms with Crippen LogP contribution in [0.4, 0.5) is 5.82 Å². The van der Waals surface area contributed by atoms with Crippen LogP contribution in [-0.4, -0.2) is 26.5 Å². The largest absolute Gasteiger partial charge is 0.357 e. The first kappa shape index (κ1) is 18.2. The normalized spacial score (nSPS) is 17.3. The van der Waals surface area contributed by atoms with Gasteiger partial charge < -0.3 is 4.90 Å². The lowest BCUT2D eigenvalue weighted by molar-refractivity contribution is 0.573. The Morgan fingerprint density at radius 2 is 1.85 bits per heavy atom. The van der Waals surface area contributed by atoms with Crippen LogP contribution < -0.4 is 9.62 Å². The molecule has 0 atom stereocenters. The summed E-state index contributed by atoms with van der Waals surface area (Å²) in [6.45, 7) is 2.33. The quantitative estimate of drug-likeness (QED) is 0.859. The van der Waals surface area contributed by atoms with Gasteiger partial charge in [-0.1, -0.05) is 24.3 Å². The fourth-order valence-electron chi connectivity index (χ4n) is 3.76. The highest BCUT2D eigenvalue weighted by atomic mass is 32.2. The van der Waals surface area contributed by atoms with E-state index in [4.69, 9.17) is 0 Å². The van der Waals surface area contributed by atoms with Crippen molar-refractivity contribution in [2.45, 2.75) is 38.6 Å². The molecule has 0 unspecified atom stereocenters. The number of piperidine rings is 1. The topological polar surface area (TPSA) is 62.3 Å². The molecule has 2 heterocycles. The van der Waals surface area contributed by atoms with E-state index in [2.05, 4.69) is 20.7 Å². The monoisotopic (exact) mass is 383 g/mol. The molecule has 0 saturated carbocycles. The van der Waals surface area contributed by atoms with Gasteiger partial charge in [0.25, 0.3) is 0 Å². The summed E-state index contributed by atoms with van der Waals surface area (Å²) in [5.41, 5.74) is 3.14. The zero-order valence-corrected chi connectivity index (χ0v) is 16.2. The molecular weight excluding hydrogens is 358 g/mol. The summed E-state index contributed by atoms with van der Waals surface area (Å²) in [6.07, 6.45) is 8.52. The fraction of sp³-hybridized carbons (Fsp3) is 0.381. The predicted octanol–water partition coefficient (Wildman–Crippen LogP) is 3.48. The van der Waals surface area contributed by atoms with E-state index in [0.29, 0.717) is 11.3 Å². The molecule has 6 heteroatoms. The van der Waals surface area contributed by atoms with Crippen molar-refractivity contribution in [3.05, 3.63) is 64.2 Å². The summed E-state index contributed by atoms with van der Waals surface area (Å²) >= 11 is 0. The molecule has 1 N–H and O–H groups in total. The van der Waals surface area contributed by atoms with Gasteiger partial charge in [0.05, 0.1) is 4.91 Å². The average molecular weight is 384 g/mol. The number of sulfonamides is 1.